The molecule has 4 nitrogen and oxygen atoms in total. The topological polar surface area (TPSA) is 49.1 Å². The molecule has 2 rings (SSSR count). The SMILES string of the molecule is CC1COCCN1c1ncccc1C#N. The minimum atomic E-state index is 0.278. The fraction of sp³-hybridized carbons (Fsp3) is 0.455. The van der Waals surface area contributed by atoms with E-state index in [0.29, 0.717) is 18.8 Å². The molecule has 2 heterocycles. The Morgan fingerprint density at radius 3 is 3.27 bits per heavy atom. The van der Waals surface area contributed by atoms with Crippen molar-refractivity contribution in [2.24, 2.45) is 0 Å². The van der Waals surface area contributed by atoms with Crippen molar-refractivity contribution in [2.75, 3.05) is 24.7 Å². The third-order valence-electron chi connectivity index (χ3n) is 2.55. The summed E-state index contributed by atoms with van der Waals surface area (Å²) in [6.07, 6.45) is 1.72. The molecular weight excluding hydrogens is 190 g/mol. The Labute approximate surface area is 89.1 Å². The molecule has 4 heteroatoms. The molecule has 1 aromatic heterocycles. The summed E-state index contributed by atoms with van der Waals surface area (Å²) in [6, 6.07) is 6.03. The van der Waals surface area contributed by atoms with Gasteiger partial charge in [0.15, 0.2) is 0 Å². The summed E-state index contributed by atoms with van der Waals surface area (Å²) in [5, 5.41) is 8.99. The smallest absolute Gasteiger partial charge is 0.146 e. The minimum Gasteiger partial charge on any atom is -0.377 e. The maximum absolute atomic E-state index is 8.99. The van der Waals surface area contributed by atoms with E-state index in [1.165, 1.54) is 0 Å². The van der Waals surface area contributed by atoms with Crippen LogP contribution in [0.1, 0.15) is 12.5 Å². The van der Waals surface area contributed by atoms with Gasteiger partial charge in [0.05, 0.1) is 24.8 Å². The predicted molar refractivity (Wildman–Crippen MR) is 56.6 cm³/mol. The molecule has 1 fully saturated rings. The zero-order chi connectivity index (χ0) is 10.7. The van der Waals surface area contributed by atoms with Gasteiger partial charge < -0.3 is 9.64 Å². The number of hydrogen-bond donors (Lipinski definition) is 0. The maximum atomic E-state index is 8.99. The van der Waals surface area contributed by atoms with Crippen molar-refractivity contribution in [1.29, 1.82) is 5.26 Å². The maximum Gasteiger partial charge on any atom is 0.146 e. The van der Waals surface area contributed by atoms with E-state index in [9.17, 15) is 0 Å². The van der Waals surface area contributed by atoms with Crippen molar-refractivity contribution in [3.8, 4) is 6.07 Å². The molecule has 1 atom stereocenters. The average Bonchev–Trinajstić information content (AvgIpc) is 2.30. The molecule has 1 aromatic rings. The molecule has 1 aliphatic heterocycles. The van der Waals surface area contributed by atoms with E-state index in [1.807, 2.05) is 0 Å². The summed E-state index contributed by atoms with van der Waals surface area (Å²) in [4.78, 5) is 6.40. The van der Waals surface area contributed by atoms with Crippen LogP contribution in [-0.4, -0.2) is 30.8 Å². The molecule has 78 valence electrons. The van der Waals surface area contributed by atoms with Crippen LogP contribution < -0.4 is 4.90 Å². The lowest BCUT2D eigenvalue weighted by atomic mass is 10.2. The number of nitrogens with zero attached hydrogens (tertiary/aromatic N) is 3. The molecule has 15 heavy (non-hydrogen) atoms. The van der Waals surface area contributed by atoms with Crippen LogP contribution in [0.2, 0.25) is 0 Å². The lowest BCUT2D eigenvalue weighted by molar-refractivity contribution is 0.0985. The van der Waals surface area contributed by atoms with E-state index in [1.54, 1.807) is 18.3 Å². The molecule has 0 radical (unpaired) electrons. The van der Waals surface area contributed by atoms with Crippen molar-refractivity contribution in [2.45, 2.75) is 13.0 Å². The van der Waals surface area contributed by atoms with Crippen LogP contribution in [0.25, 0.3) is 0 Å². The first-order chi connectivity index (χ1) is 7.33. The molecule has 0 saturated carbocycles. The standard InChI is InChI=1S/C11H13N3O/c1-9-8-15-6-5-14(9)11-10(7-12)3-2-4-13-11/h2-4,9H,5-6,8H2,1H3. The van der Waals surface area contributed by atoms with Gasteiger partial charge in [0.25, 0.3) is 0 Å². The number of rotatable bonds is 1. The van der Waals surface area contributed by atoms with Gasteiger partial charge in [0.1, 0.15) is 11.9 Å². The summed E-state index contributed by atoms with van der Waals surface area (Å²) >= 11 is 0. The number of nitriles is 1. The zero-order valence-electron chi connectivity index (χ0n) is 8.68. The van der Waals surface area contributed by atoms with Gasteiger partial charge in [-0.25, -0.2) is 4.98 Å². The van der Waals surface area contributed by atoms with Crippen LogP contribution in [0.15, 0.2) is 18.3 Å². The molecule has 1 saturated heterocycles. The van der Waals surface area contributed by atoms with Crippen LogP contribution in [0.3, 0.4) is 0 Å². The molecule has 0 N–H and O–H groups in total. The highest BCUT2D eigenvalue weighted by Crippen LogP contribution is 2.20. The number of aromatic nitrogens is 1. The third kappa shape index (κ3) is 1.92. The normalized spacial score (nSPS) is 21.1. The summed E-state index contributed by atoms with van der Waals surface area (Å²) in [7, 11) is 0. The molecule has 0 bridgehead atoms. The zero-order valence-corrected chi connectivity index (χ0v) is 8.68. The van der Waals surface area contributed by atoms with Crippen molar-refractivity contribution in [3.63, 3.8) is 0 Å². The van der Waals surface area contributed by atoms with E-state index in [4.69, 9.17) is 10.00 Å². The highest BCUT2D eigenvalue weighted by atomic mass is 16.5. The fourth-order valence-corrected chi connectivity index (χ4v) is 1.75. The van der Waals surface area contributed by atoms with E-state index in [2.05, 4.69) is 22.9 Å². The first kappa shape index (κ1) is 9.94. The molecular formula is C11H13N3O. The first-order valence-electron chi connectivity index (χ1n) is 5.02. The monoisotopic (exact) mass is 203 g/mol. The predicted octanol–water partition coefficient (Wildman–Crippen LogP) is 1.18. The summed E-state index contributed by atoms with van der Waals surface area (Å²) in [5.74, 6) is 0.774. The number of anilines is 1. The Hall–Kier alpha value is -1.60. The van der Waals surface area contributed by atoms with Gasteiger partial charge in [-0.1, -0.05) is 0 Å². The van der Waals surface area contributed by atoms with Gasteiger partial charge in [-0.3, -0.25) is 0 Å². The van der Waals surface area contributed by atoms with Gasteiger partial charge >= 0.3 is 0 Å². The van der Waals surface area contributed by atoms with Gasteiger partial charge in [-0.05, 0) is 19.1 Å². The molecule has 1 unspecified atom stereocenters. The lowest BCUT2D eigenvalue weighted by Crippen LogP contribution is -2.44. The third-order valence-corrected chi connectivity index (χ3v) is 2.55. The van der Waals surface area contributed by atoms with Crippen LogP contribution in [-0.2, 0) is 4.74 Å². The Kier molecular flexibility index (Phi) is 2.84. The second kappa shape index (κ2) is 4.28. The van der Waals surface area contributed by atoms with Crippen LogP contribution in [0, 0.1) is 11.3 Å². The van der Waals surface area contributed by atoms with Crippen molar-refractivity contribution in [3.05, 3.63) is 23.9 Å². The lowest BCUT2D eigenvalue weighted by Gasteiger charge is -2.34. The number of hydrogen-bond acceptors (Lipinski definition) is 4. The molecule has 0 aromatic carbocycles. The van der Waals surface area contributed by atoms with Crippen molar-refractivity contribution < 1.29 is 4.74 Å². The van der Waals surface area contributed by atoms with E-state index in [-0.39, 0.29) is 6.04 Å². The largest absolute Gasteiger partial charge is 0.377 e. The molecule has 0 aliphatic carbocycles. The summed E-state index contributed by atoms with van der Waals surface area (Å²) in [5.41, 5.74) is 0.631. The Morgan fingerprint density at radius 1 is 1.67 bits per heavy atom. The van der Waals surface area contributed by atoms with Crippen molar-refractivity contribution >= 4 is 5.82 Å². The summed E-state index contributed by atoms with van der Waals surface area (Å²) in [6.45, 7) is 4.27. The van der Waals surface area contributed by atoms with E-state index < -0.39 is 0 Å². The van der Waals surface area contributed by atoms with E-state index >= 15 is 0 Å². The Morgan fingerprint density at radius 2 is 2.53 bits per heavy atom. The average molecular weight is 203 g/mol. The van der Waals surface area contributed by atoms with Gasteiger partial charge in [-0.2, -0.15) is 5.26 Å². The second-order valence-electron chi connectivity index (χ2n) is 3.60. The van der Waals surface area contributed by atoms with Gasteiger partial charge in [0, 0.05) is 12.7 Å². The van der Waals surface area contributed by atoms with Crippen LogP contribution in [0.5, 0.6) is 0 Å². The molecule has 0 spiro atoms. The highest BCUT2D eigenvalue weighted by molar-refractivity contribution is 5.54. The van der Waals surface area contributed by atoms with Crippen LogP contribution in [0.4, 0.5) is 5.82 Å². The van der Waals surface area contributed by atoms with E-state index in [0.717, 1.165) is 12.4 Å². The Balaban J connectivity index is 2.31. The molecule has 0 amide bonds. The minimum absolute atomic E-state index is 0.278. The first-order valence-corrected chi connectivity index (χ1v) is 5.02. The fourth-order valence-electron chi connectivity index (χ4n) is 1.75. The summed E-state index contributed by atoms with van der Waals surface area (Å²) < 4.78 is 5.35. The van der Waals surface area contributed by atoms with Gasteiger partial charge in [0.2, 0.25) is 0 Å². The number of pyridine rings is 1. The number of morpholine rings is 1. The highest BCUT2D eigenvalue weighted by Gasteiger charge is 2.22. The van der Waals surface area contributed by atoms with Crippen LogP contribution >= 0.6 is 0 Å². The second-order valence-corrected chi connectivity index (χ2v) is 3.60. The van der Waals surface area contributed by atoms with Gasteiger partial charge in [-0.15, -0.1) is 0 Å². The quantitative estimate of drug-likeness (QED) is 0.687. The van der Waals surface area contributed by atoms with Crippen molar-refractivity contribution in [1.82, 2.24) is 4.98 Å². The Bertz CT molecular complexity index is 386. The molecule has 1 aliphatic rings. The number of ether oxygens (including phenoxy) is 1.